The molecular formula is C25H18N2O2S. The number of para-hydroxylation sites is 1. The molecule has 1 amide bonds. The molecule has 1 aromatic heterocycles. The standard InChI is InChI=1S/C25H18N2O2S/c28-24(26-20-12-9-17-5-1-2-6-19(17)15-20)16-29-21-13-10-18(11-14-21)25-27-22-7-3-4-8-23(22)30-25/h1-15H,16H2,(H,26,28). The average Bonchev–Trinajstić information content (AvgIpc) is 3.22. The SMILES string of the molecule is O=C(COc1ccc(-c2nc3ccccc3s2)cc1)Nc1ccc2ccccc2c1. The second-order valence-electron chi connectivity index (χ2n) is 6.91. The number of fused-ring (bicyclic) bond motifs is 2. The largest absolute Gasteiger partial charge is 0.484 e. The van der Waals surface area contributed by atoms with Crippen LogP contribution in [0.15, 0.2) is 91.0 Å². The van der Waals surface area contributed by atoms with Crippen LogP contribution >= 0.6 is 11.3 Å². The maximum absolute atomic E-state index is 12.3. The molecule has 5 rings (SSSR count). The Morgan fingerprint density at radius 1 is 0.867 bits per heavy atom. The second kappa shape index (κ2) is 7.97. The summed E-state index contributed by atoms with van der Waals surface area (Å²) in [5.74, 6) is 0.453. The number of anilines is 1. The number of rotatable bonds is 5. The fourth-order valence-electron chi connectivity index (χ4n) is 3.30. The van der Waals surface area contributed by atoms with E-state index in [1.54, 1.807) is 11.3 Å². The third kappa shape index (κ3) is 3.88. The number of aromatic nitrogens is 1. The first-order valence-electron chi connectivity index (χ1n) is 9.62. The van der Waals surface area contributed by atoms with Crippen LogP contribution in [0.2, 0.25) is 0 Å². The van der Waals surface area contributed by atoms with Crippen LogP contribution in [0.5, 0.6) is 5.75 Å². The van der Waals surface area contributed by atoms with Crippen LogP contribution in [-0.2, 0) is 4.79 Å². The zero-order valence-electron chi connectivity index (χ0n) is 16.0. The highest BCUT2D eigenvalue weighted by Gasteiger charge is 2.08. The Balaban J connectivity index is 1.22. The van der Waals surface area contributed by atoms with E-state index < -0.39 is 0 Å². The lowest BCUT2D eigenvalue weighted by Gasteiger charge is -2.09. The smallest absolute Gasteiger partial charge is 0.262 e. The van der Waals surface area contributed by atoms with E-state index in [-0.39, 0.29) is 12.5 Å². The van der Waals surface area contributed by atoms with Gasteiger partial charge in [0.2, 0.25) is 0 Å². The highest BCUT2D eigenvalue weighted by atomic mass is 32.1. The van der Waals surface area contributed by atoms with Gasteiger partial charge in [-0.2, -0.15) is 0 Å². The third-order valence-electron chi connectivity index (χ3n) is 4.80. The first-order chi connectivity index (χ1) is 14.7. The van der Waals surface area contributed by atoms with Crippen LogP contribution in [0.25, 0.3) is 31.6 Å². The number of carbonyl (C=O) groups excluding carboxylic acids is 1. The number of thiazole rings is 1. The molecule has 5 aromatic rings. The Morgan fingerprint density at radius 2 is 1.63 bits per heavy atom. The molecule has 0 radical (unpaired) electrons. The van der Waals surface area contributed by atoms with Gasteiger partial charge in [-0.25, -0.2) is 4.98 Å². The maximum Gasteiger partial charge on any atom is 0.262 e. The summed E-state index contributed by atoms with van der Waals surface area (Å²) in [5, 5.41) is 6.08. The zero-order chi connectivity index (χ0) is 20.3. The third-order valence-corrected chi connectivity index (χ3v) is 5.88. The van der Waals surface area contributed by atoms with E-state index in [1.165, 1.54) is 0 Å². The molecule has 30 heavy (non-hydrogen) atoms. The Morgan fingerprint density at radius 3 is 2.47 bits per heavy atom. The number of hydrogen-bond donors (Lipinski definition) is 1. The Kier molecular flexibility index (Phi) is 4.87. The molecular weight excluding hydrogens is 392 g/mol. The lowest BCUT2D eigenvalue weighted by atomic mass is 10.1. The van der Waals surface area contributed by atoms with Gasteiger partial charge in [-0.05, 0) is 59.3 Å². The quantitative estimate of drug-likeness (QED) is 0.379. The number of hydrogen-bond acceptors (Lipinski definition) is 4. The number of nitrogens with zero attached hydrogens (tertiary/aromatic N) is 1. The molecule has 146 valence electrons. The van der Waals surface area contributed by atoms with E-state index in [1.807, 2.05) is 84.9 Å². The van der Waals surface area contributed by atoms with Crippen molar-refractivity contribution in [2.45, 2.75) is 0 Å². The summed E-state index contributed by atoms with van der Waals surface area (Å²) in [5.41, 5.74) is 2.79. The van der Waals surface area contributed by atoms with Crippen molar-refractivity contribution >= 4 is 43.9 Å². The molecule has 0 fully saturated rings. The van der Waals surface area contributed by atoms with Crippen molar-refractivity contribution in [3.8, 4) is 16.3 Å². The van der Waals surface area contributed by atoms with Crippen LogP contribution in [0, 0.1) is 0 Å². The molecule has 0 saturated heterocycles. The van der Waals surface area contributed by atoms with Crippen molar-refractivity contribution in [1.29, 1.82) is 0 Å². The molecule has 0 aliphatic heterocycles. The monoisotopic (exact) mass is 410 g/mol. The van der Waals surface area contributed by atoms with Crippen LogP contribution in [-0.4, -0.2) is 17.5 Å². The van der Waals surface area contributed by atoms with Crippen LogP contribution in [0.3, 0.4) is 0 Å². The van der Waals surface area contributed by atoms with Gasteiger partial charge >= 0.3 is 0 Å². The van der Waals surface area contributed by atoms with Gasteiger partial charge in [-0.3, -0.25) is 4.79 Å². The summed E-state index contributed by atoms with van der Waals surface area (Å²) in [4.78, 5) is 16.9. The highest BCUT2D eigenvalue weighted by Crippen LogP contribution is 2.30. The van der Waals surface area contributed by atoms with Gasteiger partial charge in [-0.1, -0.05) is 42.5 Å². The molecule has 0 saturated carbocycles. The fraction of sp³-hybridized carbons (Fsp3) is 0.0400. The number of amides is 1. The summed E-state index contributed by atoms with van der Waals surface area (Å²) < 4.78 is 6.81. The first kappa shape index (κ1) is 18.3. The molecule has 1 N–H and O–H groups in total. The molecule has 0 aliphatic rings. The van der Waals surface area contributed by atoms with Gasteiger partial charge in [0.15, 0.2) is 6.61 Å². The molecule has 0 aliphatic carbocycles. The Bertz CT molecular complexity index is 1310. The summed E-state index contributed by atoms with van der Waals surface area (Å²) in [7, 11) is 0. The summed E-state index contributed by atoms with van der Waals surface area (Å²) in [6.45, 7) is -0.0483. The van der Waals surface area contributed by atoms with Crippen molar-refractivity contribution in [2.75, 3.05) is 11.9 Å². The predicted octanol–water partition coefficient (Wildman–Crippen LogP) is 6.13. The number of nitrogens with one attached hydrogen (secondary N) is 1. The summed E-state index contributed by atoms with van der Waals surface area (Å²) in [6.07, 6.45) is 0. The zero-order valence-corrected chi connectivity index (χ0v) is 16.9. The summed E-state index contributed by atoms with van der Waals surface area (Å²) in [6, 6.07) is 29.7. The van der Waals surface area contributed by atoms with E-state index in [4.69, 9.17) is 4.74 Å². The second-order valence-corrected chi connectivity index (χ2v) is 7.94. The van der Waals surface area contributed by atoms with Crippen molar-refractivity contribution in [3.05, 3.63) is 91.0 Å². The normalized spacial score (nSPS) is 10.9. The number of carbonyl (C=O) groups is 1. The molecule has 1 heterocycles. The number of benzene rings is 4. The van der Waals surface area contributed by atoms with E-state index >= 15 is 0 Å². The van der Waals surface area contributed by atoms with Crippen molar-refractivity contribution in [3.63, 3.8) is 0 Å². The Labute approximate surface area is 177 Å². The van der Waals surface area contributed by atoms with Gasteiger partial charge < -0.3 is 10.1 Å². The van der Waals surface area contributed by atoms with E-state index in [2.05, 4.69) is 16.4 Å². The molecule has 0 bridgehead atoms. The fourth-order valence-corrected chi connectivity index (χ4v) is 4.27. The van der Waals surface area contributed by atoms with Gasteiger partial charge in [0.05, 0.1) is 10.2 Å². The van der Waals surface area contributed by atoms with Crippen LogP contribution in [0.4, 0.5) is 5.69 Å². The minimum atomic E-state index is -0.194. The molecule has 4 aromatic carbocycles. The molecule has 0 spiro atoms. The molecule has 5 heteroatoms. The van der Waals surface area contributed by atoms with Gasteiger partial charge in [0.25, 0.3) is 5.91 Å². The van der Waals surface area contributed by atoms with Gasteiger partial charge in [0, 0.05) is 11.3 Å². The lowest BCUT2D eigenvalue weighted by molar-refractivity contribution is -0.118. The lowest BCUT2D eigenvalue weighted by Crippen LogP contribution is -2.20. The molecule has 4 nitrogen and oxygen atoms in total. The Hall–Kier alpha value is -3.70. The van der Waals surface area contributed by atoms with Crippen molar-refractivity contribution in [2.24, 2.45) is 0 Å². The van der Waals surface area contributed by atoms with E-state index in [0.29, 0.717) is 5.75 Å². The predicted molar refractivity (Wildman–Crippen MR) is 123 cm³/mol. The van der Waals surface area contributed by atoms with Crippen LogP contribution in [0.1, 0.15) is 0 Å². The molecule has 0 unspecified atom stereocenters. The van der Waals surface area contributed by atoms with E-state index in [9.17, 15) is 4.79 Å². The van der Waals surface area contributed by atoms with Gasteiger partial charge in [0.1, 0.15) is 10.8 Å². The van der Waals surface area contributed by atoms with Crippen molar-refractivity contribution in [1.82, 2.24) is 4.98 Å². The minimum Gasteiger partial charge on any atom is -0.484 e. The van der Waals surface area contributed by atoms with Crippen molar-refractivity contribution < 1.29 is 9.53 Å². The topological polar surface area (TPSA) is 51.2 Å². The minimum absolute atomic E-state index is 0.0483. The first-order valence-corrected chi connectivity index (χ1v) is 10.4. The number of ether oxygens (including phenoxy) is 1. The summed E-state index contributed by atoms with van der Waals surface area (Å²) >= 11 is 1.66. The average molecular weight is 410 g/mol. The molecule has 0 atom stereocenters. The maximum atomic E-state index is 12.3. The van der Waals surface area contributed by atoms with Gasteiger partial charge in [-0.15, -0.1) is 11.3 Å². The van der Waals surface area contributed by atoms with E-state index in [0.717, 1.165) is 37.2 Å². The highest BCUT2D eigenvalue weighted by molar-refractivity contribution is 7.21. The van der Waals surface area contributed by atoms with Crippen LogP contribution < -0.4 is 10.1 Å².